The van der Waals surface area contributed by atoms with Crippen LogP contribution in [0.15, 0.2) is 29.2 Å². The van der Waals surface area contributed by atoms with Gasteiger partial charge in [-0.15, -0.1) is 11.8 Å². The Labute approximate surface area is 119 Å². The van der Waals surface area contributed by atoms with E-state index < -0.39 is 10.0 Å². The summed E-state index contributed by atoms with van der Waals surface area (Å²) in [5.41, 5.74) is 6.40. The molecule has 19 heavy (non-hydrogen) atoms. The van der Waals surface area contributed by atoms with E-state index in [1.165, 1.54) is 11.8 Å². The molecule has 6 heteroatoms. The molecule has 1 fully saturated rings. The summed E-state index contributed by atoms with van der Waals surface area (Å²) in [6.45, 7) is 2.48. The van der Waals surface area contributed by atoms with Gasteiger partial charge in [0.05, 0.1) is 5.75 Å². The van der Waals surface area contributed by atoms with Crippen LogP contribution in [0.3, 0.4) is 0 Å². The van der Waals surface area contributed by atoms with Crippen molar-refractivity contribution in [2.75, 3.05) is 23.8 Å². The van der Waals surface area contributed by atoms with Crippen LogP contribution in [0.2, 0.25) is 0 Å². The summed E-state index contributed by atoms with van der Waals surface area (Å²) in [6.07, 6.45) is 2.02. The van der Waals surface area contributed by atoms with Crippen molar-refractivity contribution < 1.29 is 8.42 Å². The van der Waals surface area contributed by atoms with Gasteiger partial charge in [0.1, 0.15) is 0 Å². The van der Waals surface area contributed by atoms with Crippen LogP contribution in [0.4, 0.5) is 5.69 Å². The number of hydrogen-bond acceptors (Lipinski definition) is 4. The van der Waals surface area contributed by atoms with Gasteiger partial charge in [0.2, 0.25) is 10.0 Å². The fraction of sp³-hybridized carbons (Fsp3) is 0.538. The van der Waals surface area contributed by atoms with Gasteiger partial charge in [0.25, 0.3) is 0 Å². The van der Waals surface area contributed by atoms with Crippen molar-refractivity contribution >= 4 is 27.5 Å². The minimum Gasteiger partial charge on any atom is -0.399 e. The van der Waals surface area contributed by atoms with Crippen LogP contribution in [0, 0.1) is 0 Å². The summed E-state index contributed by atoms with van der Waals surface area (Å²) in [5, 5.41) is 0. The zero-order valence-electron chi connectivity index (χ0n) is 11.1. The Morgan fingerprint density at radius 1 is 1.42 bits per heavy atom. The lowest BCUT2D eigenvalue weighted by Crippen LogP contribution is -2.35. The smallest absolute Gasteiger partial charge is 0.215 e. The first-order valence-electron chi connectivity index (χ1n) is 6.51. The minimum atomic E-state index is -3.11. The number of nitrogens with zero attached hydrogens (tertiary/aromatic N) is 1. The van der Waals surface area contributed by atoms with Crippen LogP contribution in [-0.2, 0) is 10.0 Å². The van der Waals surface area contributed by atoms with Crippen molar-refractivity contribution in [3.63, 3.8) is 0 Å². The zero-order chi connectivity index (χ0) is 13.9. The molecule has 0 unspecified atom stereocenters. The number of sulfonamides is 1. The van der Waals surface area contributed by atoms with E-state index in [2.05, 4.69) is 0 Å². The monoisotopic (exact) mass is 300 g/mol. The Balaban J connectivity index is 1.87. The van der Waals surface area contributed by atoms with Gasteiger partial charge < -0.3 is 5.73 Å². The molecule has 0 bridgehead atoms. The molecule has 0 aliphatic heterocycles. The fourth-order valence-corrected chi connectivity index (χ4v) is 5.13. The highest BCUT2D eigenvalue weighted by Crippen LogP contribution is 2.29. The molecule has 0 heterocycles. The van der Waals surface area contributed by atoms with Gasteiger partial charge in [-0.05, 0) is 31.0 Å². The highest BCUT2D eigenvalue weighted by molar-refractivity contribution is 8.00. The molecule has 1 aliphatic rings. The lowest BCUT2D eigenvalue weighted by molar-refractivity contribution is 0.422. The van der Waals surface area contributed by atoms with Crippen LogP contribution in [0.25, 0.3) is 0 Å². The predicted molar refractivity (Wildman–Crippen MR) is 80.8 cm³/mol. The molecule has 0 aromatic heterocycles. The van der Waals surface area contributed by atoms with Crippen LogP contribution in [-0.4, -0.2) is 36.8 Å². The van der Waals surface area contributed by atoms with Gasteiger partial charge in [-0.25, -0.2) is 8.42 Å². The molecule has 1 aromatic rings. The molecular weight excluding hydrogens is 280 g/mol. The second-order valence-corrected chi connectivity index (χ2v) is 7.88. The molecule has 0 radical (unpaired) electrons. The summed E-state index contributed by atoms with van der Waals surface area (Å²) in [5.74, 6) is 0.756. The molecular formula is C13H20N2O2S2. The summed E-state index contributed by atoms with van der Waals surface area (Å²) in [4.78, 5) is 1.02. The standard InChI is InChI=1S/C13H20N2O2S2/c1-2-15(12-6-7-12)19(16,17)9-8-18-13-5-3-4-11(14)10-13/h3-5,10,12H,2,6-9,14H2,1H3. The first-order valence-corrected chi connectivity index (χ1v) is 9.10. The second-order valence-electron chi connectivity index (χ2n) is 4.67. The van der Waals surface area contributed by atoms with E-state index in [4.69, 9.17) is 5.73 Å². The number of benzene rings is 1. The van der Waals surface area contributed by atoms with Crippen molar-refractivity contribution in [2.24, 2.45) is 0 Å². The quantitative estimate of drug-likeness (QED) is 0.619. The van der Waals surface area contributed by atoms with E-state index >= 15 is 0 Å². The average Bonchev–Trinajstić information content (AvgIpc) is 3.14. The Hall–Kier alpha value is -0.720. The number of nitrogen functional groups attached to an aromatic ring is 1. The van der Waals surface area contributed by atoms with Gasteiger partial charge in [-0.3, -0.25) is 0 Å². The van der Waals surface area contributed by atoms with E-state index in [0.717, 1.165) is 17.7 Å². The van der Waals surface area contributed by atoms with Gasteiger partial charge in [0, 0.05) is 28.9 Å². The third kappa shape index (κ3) is 4.12. The SMILES string of the molecule is CCN(C1CC1)S(=O)(=O)CCSc1cccc(N)c1. The summed E-state index contributed by atoms with van der Waals surface area (Å²) < 4.78 is 26.0. The maximum absolute atomic E-state index is 12.2. The number of nitrogens with two attached hydrogens (primary N) is 1. The average molecular weight is 300 g/mol. The van der Waals surface area contributed by atoms with Crippen molar-refractivity contribution in [1.82, 2.24) is 4.31 Å². The van der Waals surface area contributed by atoms with E-state index in [1.807, 2.05) is 31.2 Å². The number of thioether (sulfide) groups is 1. The molecule has 2 rings (SSSR count). The topological polar surface area (TPSA) is 63.4 Å². The molecule has 106 valence electrons. The molecule has 1 aromatic carbocycles. The summed E-state index contributed by atoms with van der Waals surface area (Å²) in [7, 11) is -3.11. The third-order valence-corrected chi connectivity index (χ3v) is 6.34. The minimum absolute atomic E-state index is 0.191. The fourth-order valence-electron chi connectivity index (χ4n) is 2.03. The highest BCUT2D eigenvalue weighted by atomic mass is 32.2. The van der Waals surface area contributed by atoms with Crippen LogP contribution >= 0.6 is 11.8 Å². The molecule has 0 saturated heterocycles. The zero-order valence-corrected chi connectivity index (χ0v) is 12.7. The lowest BCUT2D eigenvalue weighted by Gasteiger charge is -2.19. The highest BCUT2D eigenvalue weighted by Gasteiger charge is 2.35. The molecule has 4 nitrogen and oxygen atoms in total. The van der Waals surface area contributed by atoms with Crippen molar-refractivity contribution in [3.8, 4) is 0 Å². The van der Waals surface area contributed by atoms with Gasteiger partial charge in [-0.2, -0.15) is 4.31 Å². The largest absolute Gasteiger partial charge is 0.399 e. The van der Waals surface area contributed by atoms with Crippen molar-refractivity contribution in [1.29, 1.82) is 0 Å². The Morgan fingerprint density at radius 2 is 2.16 bits per heavy atom. The normalized spacial score (nSPS) is 15.9. The van der Waals surface area contributed by atoms with E-state index in [9.17, 15) is 8.42 Å². The van der Waals surface area contributed by atoms with Gasteiger partial charge in [-0.1, -0.05) is 13.0 Å². The second kappa shape index (κ2) is 6.15. The van der Waals surface area contributed by atoms with E-state index in [1.54, 1.807) is 4.31 Å². The summed E-state index contributed by atoms with van der Waals surface area (Å²) in [6, 6.07) is 7.79. The van der Waals surface area contributed by atoms with Crippen LogP contribution < -0.4 is 5.73 Å². The van der Waals surface area contributed by atoms with E-state index in [-0.39, 0.29) is 11.8 Å². The molecule has 2 N–H and O–H groups in total. The van der Waals surface area contributed by atoms with Crippen molar-refractivity contribution in [2.45, 2.75) is 30.7 Å². The van der Waals surface area contributed by atoms with Gasteiger partial charge >= 0.3 is 0 Å². The number of rotatable bonds is 7. The Kier molecular flexibility index (Phi) is 4.76. The maximum Gasteiger partial charge on any atom is 0.215 e. The molecule has 0 spiro atoms. The molecule has 0 atom stereocenters. The first-order chi connectivity index (χ1) is 9.03. The van der Waals surface area contributed by atoms with E-state index in [0.29, 0.717) is 18.0 Å². The van der Waals surface area contributed by atoms with Crippen LogP contribution in [0.5, 0.6) is 0 Å². The first kappa shape index (κ1) is 14.7. The molecule has 1 saturated carbocycles. The lowest BCUT2D eigenvalue weighted by atomic mass is 10.3. The van der Waals surface area contributed by atoms with Crippen molar-refractivity contribution in [3.05, 3.63) is 24.3 Å². The molecule has 1 aliphatic carbocycles. The van der Waals surface area contributed by atoms with Crippen LogP contribution in [0.1, 0.15) is 19.8 Å². The predicted octanol–water partition coefficient (Wildman–Crippen LogP) is 2.18. The third-order valence-electron chi connectivity index (χ3n) is 3.09. The van der Waals surface area contributed by atoms with Gasteiger partial charge in [0.15, 0.2) is 0 Å². The maximum atomic E-state index is 12.2. The molecule has 0 amide bonds. The number of hydrogen-bond donors (Lipinski definition) is 1. The Bertz CT molecular complexity index is 527. The summed E-state index contributed by atoms with van der Waals surface area (Å²) >= 11 is 1.54. The Morgan fingerprint density at radius 3 is 2.74 bits per heavy atom. The number of anilines is 1.